The van der Waals surface area contributed by atoms with Crippen LogP contribution in [0.4, 0.5) is 22.4 Å². The zero-order chi connectivity index (χ0) is 29.5. The average Bonchev–Trinajstić information content (AvgIpc) is 3.15. The van der Waals surface area contributed by atoms with Gasteiger partial charge in [0.25, 0.3) is 0 Å². The van der Waals surface area contributed by atoms with Crippen LogP contribution in [0.2, 0.25) is 0 Å². The molecule has 1 amide bonds. The van der Waals surface area contributed by atoms with Gasteiger partial charge in [0, 0.05) is 11.6 Å². The van der Waals surface area contributed by atoms with Crippen molar-refractivity contribution in [3.8, 4) is 16.9 Å². The number of nitrogens with zero attached hydrogens (tertiary/aromatic N) is 1. The molecule has 40 heavy (non-hydrogen) atoms. The van der Waals surface area contributed by atoms with Gasteiger partial charge in [-0.1, -0.05) is 49.8 Å². The van der Waals surface area contributed by atoms with E-state index in [1.54, 1.807) is 26.0 Å². The van der Waals surface area contributed by atoms with Crippen LogP contribution in [0.1, 0.15) is 73.1 Å². The van der Waals surface area contributed by atoms with Crippen molar-refractivity contribution >= 4 is 11.7 Å². The number of methoxy groups -OCH3 is 1. The summed E-state index contributed by atoms with van der Waals surface area (Å²) in [5, 5.41) is 0. The highest BCUT2D eigenvalue weighted by Crippen LogP contribution is 2.41. The second-order valence-electron chi connectivity index (χ2n) is 10.7. The van der Waals surface area contributed by atoms with Crippen LogP contribution in [0.15, 0.2) is 55.1 Å². The van der Waals surface area contributed by atoms with Gasteiger partial charge in [0.15, 0.2) is 0 Å². The fourth-order valence-corrected chi connectivity index (χ4v) is 5.13. The van der Waals surface area contributed by atoms with E-state index >= 15 is 0 Å². The summed E-state index contributed by atoms with van der Waals surface area (Å²) in [4.78, 5) is 14.6. The highest BCUT2D eigenvalue weighted by Gasteiger charge is 2.41. The van der Waals surface area contributed by atoms with Crippen LogP contribution in [0.3, 0.4) is 0 Å². The van der Waals surface area contributed by atoms with Gasteiger partial charge in [-0.25, -0.2) is 9.18 Å². The number of hydrogen-bond acceptors (Lipinski definition) is 3. The predicted molar refractivity (Wildman–Crippen MR) is 148 cm³/mol. The molecular formula is C32H33F4NO3. The number of cyclic esters (lactones) is 1. The van der Waals surface area contributed by atoms with E-state index in [1.807, 2.05) is 39.0 Å². The molecule has 0 spiro atoms. The average molecular weight is 556 g/mol. The molecular weight excluding hydrogens is 522 g/mol. The van der Waals surface area contributed by atoms with Crippen LogP contribution in [-0.2, 0) is 17.5 Å². The summed E-state index contributed by atoms with van der Waals surface area (Å²) in [7, 11) is 1.47. The molecule has 1 heterocycles. The van der Waals surface area contributed by atoms with Crippen LogP contribution >= 0.6 is 0 Å². The van der Waals surface area contributed by atoms with Gasteiger partial charge >= 0.3 is 12.3 Å². The Balaban J connectivity index is 1.77. The Bertz CT molecular complexity index is 1460. The summed E-state index contributed by atoms with van der Waals surface area (Å²) in [5.74, 6) is -0.0969. The molecule has 1 aliphatic rings. The fourth-order valence-electron chi connectivity index (χ4n) is 5.13. The minimum atomic E-state index is -4.52. The molecule has 3 aromatic carbocycles. The van der Waals surface area contributed by atoms with Gasteiger partial charge in [0.2, 0.25) is 0 Å². The molecule has 1 fully saturated rings. The predicted octanol–water partition coefficient (Wildman–Crippen LogP) is 9.07. The lowest BCUT2D eigenvalue weighted by Gasteiger charge is -2.24. The summed E-state index contributed by atoms with van der Waals surface area (Å²) in [6, 6.07) is 12.0. The van der Waals surface area contributed by atoms with Crippen molar-refractivity contribution in [2.75, 3.05) is 7.11 Å². The van der Waals surface area contributed by atoms with Crippen LogP contribution in [0, 0.1) is 12.7 Å². The maximum absolute atomic E-state index is 14.8. The Hall–Kier alpha value is -3.81. The third kappa shape index (κ3) is 5.71. The summed E-state index contributed by atoms with van der Waals surface area (Å²) in [5.41, 5.74) is 4.27. The Morgan fingerprint density at radius 3 is 2.40 bits per heavy atom. The van der Waals surface area contributed by atoms with Crippen molar-refractivity contribution in [2.45, 2.75) is 65.4 Å². The number of carbonyl (C=O) groups excluding carboxylic acids is 1. The summed E-state index contributed by atoms with van der Waals surface area (Å²) >= 11 is 0. The zero-order valence-electron chi connectivity index (χ0n) is 23.4. The van der Waals surface area contributed by atoms with E-state index in [0.29, 0.717) is 22.4 Å². The second kappa shape index (κ2) is 11.0. The summed E-state index contributed by atoms with van der Waals surface area (Å²) < 4.78 is 66.4. The molecule has 4 rings (SSSR count). The number of halogens is 4. The maximum atomic E-state index is 14.8. The molecule has 0 bridgehead atoms. The molecule has 0 N–H and O–H groups in total. The first-order chi connectivity index (χ1) is 18.7. The molecule has 212 valence electrons. The second-order valence-corrected chi connectivity index (χ2v) is 10.7. The first kappa shape index (κ1) is 29.2. The number of aryl methyl sites for hydroxylation is 1. The molecule has 0 aromatic heterocycles. The van der Waals surface area contributed by atoms with Crippen molar-refractivity contribution < 1.29 is 31.8 Å². The number of amides is 1. The van der Waals surface area contributed by atoms with Crippen molar-refractivity contribution in [3.63, 3.8) is 0 Å². The van der Waals surface area contributed by atoms with Crippen LogP contribution in [0.25, 0.3) is 16.7 Å². The number of rotatable bonds is 7. The van der Waals surface area contributed by atoms with Crippen molar-refractivity contribution in [3.05, 3.63) is 94.3 Å². The van der Waals surface area contributed by atoms with Gasteiger partial charge < -0.3 is 9.47 Å². The first-order valence-corrected chi connectivity index (χ1v) is 13.0. The molecule has 1 unspecified atom stereocenters. The van der Waals surface area contributed by atoms with Crippen LogP contribution in [-0.4, -0.2) is 24.1 Å². The summed E-state index contributed by atoms with van der Waals surface area (Å²) in [6.45, 7) is 13.1. The number of ether oxygens (including phenoxy) is 2. The molecule has 2 atom stereocenters. The highest BCUT2D eigenvalue weighted by molar-refractivity contribution is 5.78. The van der Waals surface area contributed by atoms with E-state index in [-0.39, 0.29) is 23.8 Å². The molecule has 3 aromatic rings. The molecule has 4 nitrogen and oxygen atoms in total. The number of carbonyl (C=O) groups is 1. The van der Waals surface area contributed by atoms with Gasteiger partial charge in [-0.3, -0.25) is 4.90 Å². The van der Waals surface area contributed by atoms with E-state index < -0.39 is 30.0 Å². The van der Waals surface area contributed by atoms with E-state index in [0.717, 1.165) is 34.4 Å². The minimum absolute atomic E-state index is 0.0759. The Morgan fingerprint density at radius 2 is 1.80 bits per heavy atom. The molecule has 0 radical (unpaired) electrons. The quantitative estimate of drug-likeness (QED) is 0.273. The smallest absolute Gasteiger partial charge is 0.416 e. The molecule has 0 saturated carbocycles. The van der Waals surface area contributed by atoms with Gasteiger partial charge in [-0.05, 0) is 78.8 Å². The SMILES string of the molecule is C=C(C)c1ccc(-c2cc(C(C)C)c(F)cc2OC)c(CN2C(=O)OC(c3cc(C)cc(C(F)(F)F)c3)[C@@H]2C)c1. The van der Waals surface area contributed by atoms with E-state index in [9.17, 15) is 22.4 Å². The lowest BCUT2D eigenvalue weighted by atomic mass is 9.91. The first-order valence-electron chi connectivity index (χ1n) is 13.0. The van der Waals surface area contributed by atoms with Gasteiger partial charge in [-0.2, -0.15) is 13.2 Å². The number of alkyl halides is 3. The standard InChI is InChI=1S/C32H33F4NO3/c1-17(2)21-8-9-25(27-14-26(18(3)4)28(33)15-29(27)39-7)23(12-21)16-37-20(6)30(40-31(37)38)22-10-19(5)11-24(13-22)32(34,35)36/h8-15,18,20,30H,1,16H2,2-7H3/t20-,30?/m0/s1. The molecule has 0 aliphatic carbocycles. The van der Waals surface area contributed by atoms with E-state index in [2.05, 4.69) is 6.58 Å². The summed E-state index contributed by atoms with van der Waals surface area (Å²) in [6.07, 6.45) is -6.03. The molecule has 1 aliphatic heterocycles. The molecule has 1 saturated heterocycles. The Labute approximate surface area is 232 Å². The fraction of sp³-hybridized carbons (Fsp3) is 0.344. The van der Waals surface area contributed by atoms with Crippen LogP contribution in [0.5, 0.6) is 5.75 Å². The van der Waals surface area contributed by atoms with E-state index in [4.69, 9.17) is 9.47 Å². The maximum Gasteiger partial charge on any atom is 0.416 e. The third-order valence-corrected chi connectivity index (χ3v) is 7.32. The Kier molecular flexibility index (Phi) is 8.01. The third-order valence-electron chi connectivity index (χ3n) is 7.32. The highest BCUT2D eigenvalue weighted by atomic mass is 19.4. The monoisotopic (exact) mass is 555 g/mol. The van der Waals surface area contributed by atoms with Crippen LogP contribution < -0.4 is 4.74 Å². The molecule has 8 heteroatoms. The van der Waals surface area contributed by atoms with Gasteiger partial charge in [-0.15, -0.1) is 0 Å². The van der Waals surface area contributed by atoms with Crippen molar-refractivity contribution in [1.82, 2.24) is 4.90 Å². The van der Waals surface area contributed by atoms with Crippen molar-refractivity contribution in [2.24, 2.45) is 0 Å². The van der Waals surface area contributed by atoms with E-state index in [1.165, 1.54) is 18.1 Å². The van der Waals surface area contributed by atoms with Gasteiger partial charge in [0.1, 0.15) is 17.7 Å². The zero-order valence-corrected chi connectivity index (χ0v) is 23.4. The lowest BCUT2D eigenvalue weighted by molar-refractivity contribution is -0.137. The van der Waals surface area contributed by atoms with Gasteiger partial charge in [0.05, 0.1) is 25.3 Å². The number of benzene rings is 3. The topological polar surface area (TPSA) is 38.8 Å². The minimum Gasteiger partial charge on any atom is -0.496 e. The normalized spacial score (nSPS) is 17.4. The van der Waals surface area contributed by atoms with Crippen molar-refractivity contribution in [1.29, 1.82) is 0 Å². The number of allylic oxidation sites excluding steroid dienone is 1. The largest absolute Gasteiger partial charge is 0.496 e. The Morgan fingerprint density at radius 1 is 1.10 bits per heavy atom. The number of hydrogen-bond donors (Lipinski definition) is 0. The lowest BCUT2D eigenvalue weighted by Crippen LogP contribution is -2.31.